The smallest absolute Gasteiger partial charge is 0.251 e. The summed E-state index contributed by atoms with van der Waals surface area (Å²) < 4.78 is 26.4. The fourth-order valence-electron chi connectivity index (χ4n) is 3.24. The standard InChI is InChI=1S/C17H24N4O4S/c1-12-15(3-2-8-18-12)20-17(23)13-4-6-14(7-5-13)26(24,25)21-10-9-19-16(22)11-21/h4-7,12,15,18H,2-3,8-11H2,1H3,(H,19,22)(H,20,23). The Bertz CT molecular complexity index is 778. The number of hydrogen-bond acceptors (Lipinski definition) is 5. The second-order valence-corrected chi connectivity index (χ2v) is 8.62. The van der Waals surface area contributed by atoms with E-state index in [9.17, 15) is 18.0 Å². The molecular formula is C17H24N4O4S. The van der Waals surface area contributed by atoms with E-state index in [4.69, 9.17) is 0 Å². The molecule has 3 N–H and O–H groups in total. The maximum absolute atomic E-state index is 12.6. The highest BCUT2D eigenvalue weighted by molar-refractivity contribution is 7.89. The van der Waals surface area contributed by atoms with Crippen LogP contribution in [0.1, 0.15) is 30.1 Å². The van der Waals surface area contributed by atoms with Crippen LogP contribution in [0.2, 0.25) is 0 Å². The molecule has 1 aromatic rings. The Morgan fingerprint density at radius 1 is 1.23 bits per heavy atom. The zero-order chi connectivity index (χ0) is 18.7. The van der Waals surface area contributed by atoms with Gasteiger partial charge in [0.15, 0.2) is 0 Å². The van der Waals surface area contributed by atoms with Gasteiger partial charge in [0, 0.05) is 30.7 Å². The third kappa shape index (κ3) is 4.05. The molecule has 2 fully saturated rings. The van der Waals surface area contributed by atoms with E-state index >= 15 is 0 Å². The minimum Gasteiger partial charge on any atom is -0.354 e. The van der Waals surface area contributed by atoms with Crippen LogP contribution in [0.25, 0.3) is 0 Å². The monoisotopic (exact) mass is 380 g/mol. The van der Waals surface area contributed by atoms with E-state index < -0.39 is 10.0 Å². The number of piperidine rings is 1. The van der Waals surface area contributed by atoms with Gasteiger partial charge in [0.25, 0.3) is 5.91 Å². The number of piperazine rings is 1. The number of nitrogens with one attached hydrogen (secondary N) is 3. The third-order valence-electron chi connectivity index (χ3n) is 4.84. The Balaban J connectivity index is 1.69. The lowest BCUT2D eigenvalue weighted by Crippen LogP contribution is -2.51. The highest BCUT2D eigenvalue weighted by Crippen LogP contribution is 2.17. The van der Waals surface area contributed by atoms with E-state index in [2.05, 4.69) is 16.0 Å². The molecular weight excluding hydrogens is 356 g/mol. The van der Waals surface area contributed by atoms with Gasteiger partial charge in [-0.1, -0.05) is 0 Å². The van der Waals surface area contributed by atoms with Crippen LogP contribution in [-0.4, -0.2) is 62.8 Å². The Morgan fingerprint density at radius 3 is 2.62 bits per heavy atom. The van der Waals surface area contributed by atoms with Crippen LogP contribution < -0.4 is 16.0 Å². The minimum absolute atomic E-state index is 0.0616. The average Bonchev–Trinajstić information content (AvgIpc) is 2.63. The van der Waals surface area contributed by atoms with Gasteiger partial charge in [-0.2, -0.15) is 4.31 Å². The van der Waals surface area contributed by atoms with Crippen molar-refractivity contribution in [3.8, 4) is 0 Å². The van der Waals surface area contributed by atoms with Gasteiger partial charge in [-0.05, 0) is 50.6 Å². The quantitative estimate of drug-likeness (QED) is 0.663. The summed E-state index contributed by atoms with van der Waals surface area (Å²) in [6.45, 7) is 3.34. The molecule has 8 nitrogen and oxygen atoms in total. The number of amides is 2. The molecule has 1 aromatic carbocycles. The number of carbonyl (C=O) groups excluding carboxylic acids is 2. The minimum atomic E-state index is -3.74. The molecule has 2 aliphatic heterocycles. The predicted octanol–water partition coefficient (Wildman–Crippen LogP) is -0.323. The van der Waals surface area contributed by atoms with Crippen molar-refractivity contribution in [1.82, 2.24) is 20.3 Å². The van der Waals surface area contributed by atoms with Gasteiger partial charge in [-0.15, -0.1) is 0 Å². The molecule has 2 heterocycles. The van der Waals surface area contributed by atoms with E-state index in [1.165, 1.54) is 24.3 Å². The number of carbonyl (C=O) groups is 2. The van der Waals surface area contributed by atoms with Gasteiger partial charge in [0.2, 0.25) is 15.9 Å². The fourth-order valence-corrected chi connectivity index (χ4v) is 4.64. The Kier molecular flexibility index (Phi) is 5.59. The molecule has 0 aromatic heterocycles. The summed E-state index contributed by atoms with van der Waals surface area (Å²) in [5, 5.41) is 8.92. The topological polar surface area (TPSA) is 108 Å². The van der Waals surface area contributed by atoms with E-state index in [0.717, 1.165) is 23.7 Å². The molecule has 0 radical (unpaired) electrons. The summed E-state index contributed by atoms with van der Waals surface area (Å²) in [5.41, 5.74) is 0.415. The summed E-state index contributed by atoms with van der Waals surface area (Å²) in [7, 11) is -3.74. The zero-order valence-corrected chi connectivity index (χ0v) is 15.5. The van der Waals surface area contributed by atoms with Crippen LogP contribution in [0.5, 0.6) is 0 Å². The molecule has 26 heavy (non-hydrogen) atoms. The molecule has 0 bridgehead atoms. The molecule has 3 rings (SSSR count). The van der Waals surface area contributed by atoms with Crippen LogP contribution in [0.3, 0.4) is 0 Å². The number of hydrogen-bond donors (Lipinski definition) is 3. The number of sulfonamides is 1. The molecule has 0 saturated carbocycles. The Morgan fingerprint density at radius 2 is 1.96 bits per heavy atom. The van der Waals surface area contributed by atoms with Crippen LogP contribution in [0.15, 0.2) is 29.2 Å². The van der Waals surface area contributed by atoms with Crippen molar-refractivity contribution in [3.05, 3.63) is 29.8 Å². The molecule has 2 unspecified atom stereocenters. The molecule has 2 saturated heterocycles. The summed E-state index contributed by atoms with van der Waals surface area (Å²) in [6, 6.07) is 6.11. The molecule has 2 amide bonds. The Hall–Kier alpha value is -1.97. The highest BCUT2D eigenvalue weighted by Gasteiger charge is 2.29. The molecule has 142 valence electrons. The lowest BCUT2D eigenvalue weighted by molar-refractivity contribution is -0.122. The van der Waals surface area contributed by atoms with Gasteiger partial charge in [-0.25, -0.2) is 8.42 Å². The predicted molar refractivity (Wildman–Crippen MR) is 96.2 cm³/mol. The van der Waals surface area contributed by atoms with Gasteiger partial charge in [0.1, 0.15) is 0 Å². The molecule has 2 atom stereocenters. The van der Waals surface area contributed by atoms with Crippen molar-refractivity contribution < 1.29 is 18.0 Å². The zero-order valence-electron chi connectivity index (χ0n) is 14.7. The van der Waals surface area contributed by atoms with Crippen molar-refractivity contribution in [2.24, 2.45) is 0 Å². The lowest BCUT2D eigenvalue weighted by atomic mass is 9.99. The average molecular weight is 380 g/mol. The summed E-state index contributed by atoms with van der Waals surface area (Å²) in [6.07, 6.45) is 1.93. The van der Waals surface area contributed by atoms with Crippen LogP contribution in [0, 0.1) is 0 Å². The summed E-state index contributed by atoms with van der Waals surface area (Å²) in [5.74, 6) is -0.530. The first-order chi connectivity index (χ1) is 12.4. The first kappa shape index (κ1) is 18.8. The van der Waals surface area contributed by atoms with Gasteiger partial charge in [0.05, 0.1) is 11.4 Å². The molecule has 9 heteroatoms. The Labute approximate surface area is 153 Å². The van der Waals surface area contributed by atoms with E-state index in [0.29, 0.717) is 12.1 Å². The SMILES string of the molecule is CC1NCCCC1NC(=O)c1ccc(S(=O)(=O)N2CCNC(=O)C2)cc1. The van der Waals surface area contributed by atoms with Crippen molar-refractivity contribution in [3.63, 3.8) is 0 Å². The first-order valence-electron chi connectivity index (χ1n) is 8.79. The van der Waals surface area contributed by atoms with Gasteiger partial charge in [-0.3, -0.25) is 9.59 Å². The fraction of sp³-hybridized carbons (Fsp3) is 0.529. The van der Waals surface area contributed by atoms with E-state index in [1.54, 1.807) is 0 Å². The van der Waals surface area contributed by atoms with Crippen LogP contribution in [-0.2, 0) is 14.8 Å². The second-order valence-electron chi connectivity index (χ2n) is 6.68. The van der Waals surface area contributed by atoms with Crippen molar-refractivity contribution >= 4 is 21.8 Å². The maximum atomic E-state index is 12.6. The van der Waals surface area contributed by atoms with E-state index in [-0.39, 0.29) is 41.9 Å². The normalized spacial score (nSPS) is 24.7. The van der Waals surface area contributed by atoms with Crippen molar-refractivity contribution in [1.29, 1.82) is 0 Å². The number of benzene rings is 1. The second kappa shape index (κ2) is 7.73. The maximum Gasteiger partial charge on any atom is 0.251 e. The lowest BCUT2D eigenvalue weighted by Gasteiger charge is -2.30. The summed E-state index contributed by atoms with van der Waals surface area (Å²) in [4.78, 5) is 23.9. The third-order valence-corrected chi connectivity index (χ3v) is 6.70. The van der Waals surface area contributed by atoms with Crippen LogP contribution in [0.4, 0.5) is 0 Å². The highest BCUT2D eigenvalue weighted by atomic mass is 32.2. The van der Waals surface area contributed by atoms with E-state index in [1.807, 2.05) is 6.92 Å². The largest absolute Gasteiger partial charge is 0.354 e. The van der Waals surface area contributed by atoms with Gasteiger partial charge >= 0.3 is 0 Å². The van der Waals surface area contributed by atoms with Crippen molar-refractivity contribution in [2.75, 3.05) is 26.2 Å². The molecule has 0 aliphatic carbocycles. The summed E-state index contributed by atoms with van der Waals surface area (Å²) >= 11 is 0. The first-order valence-corrected chi connectivity index (χ1v) is 10.2. The van der Waals surface area contributed by atoms with Crippen molar-refractivity contribution in [2.45, 2.75) is 36.7 Å². The molecule has 2 aliphatic rings. The number of rotatable bonds is 4. The molecule has 0 spiro atoms. The van der Waals surface area contributed by atoms with Crippen LogP contribution >= 0.6 is 0 Å². The number of nitrogens with zero attached hydrogens (tertiary/aromatic N) is 1. The van der Waals surface area contributed by atoms with Gasteiger partial charge < -0.3 is 16.0 Å².